The zero-order valence-electron chi connectivity index (χ0n) is 17.6. The van der Waals surface area contributed by atoms with Crippen molar-refractivity contribution in [2.45, 2.75) is 32.1 Å². The number of aromatic nitrogens is 2. The molecule has 0 atom stereocenters. The highest BCUT2D eigenvalue weighted by Gasteiger charge is 2.25. The van der Waals surface area contributed by atoms with Crippen molar-refractivity contribution in [1.29, 1.82) is 0 Å². The molecule has 2 aliphatic rings. The van der Waals surface area contributed by atoms with E-state index in [0.29, 0.717) is 30.3 Å². The molecule has 162 valence electrons. The van der Waals surface area contributed by atoms with Gasteiger partial charge in [0.2, 0.25) is 0 Å². The number of aromatic amines is 1. The molecule has 7 heteroatoms. The fourth-order valence-corrected chi connectivity index (χ4v) is 5.74. The molecular weight excluding hydrogens is 422 g/mol. The Labute approximate surface area is 189 Å². The minimum atomic E-state index is -0.156. The largest absolute Gasteiger partial charge is 0.490 e. The number of nitrogens with one attached hydrogen (secondary N) is 2. The average Bonchev–Trinajstić information content (AvgIpc) is 3.31. The standard InChI is InChI=1S/C25H23N3O3S/c29-24(15-10-11-19-20(14-15)31-13-5-12-30-19)28-25-22(16-6-1-4-9-21(16)32-25)23-26-17-7-2-3-8-18(17)27-23/h2-3,7-8,10-11,14H,1,4-6,9,12-13H2,(H,26,27)(H,28,29). The first-order valence-corrected chi connectivity index (χ1v) is 11.9. The normalized spacial score (nSPS) is 15.2. The number of fused-ring (bicyclic) bond motifs is 3. The summed E-state index contributed by atoms with van der Waals surface area (Å²) in [5.41, 5.74) is 4.82. The summed E-state index contributed by atoms with van der Waals surface area (Å²) < 4.78 is 11.5. The highest BCUT2D eigenvalue weighted by atomic mass is 32.1. The van der Waals surface area contributed by atoms with Crippen LogP contribution in [0.5, 0.6) is 11.5 Å². The molecule has 4 aromatic rings. The fourth-order valence-electron chi connectivity index (χ4n) is 4.46. The van der Waals surface area contributed by atoms with Crippen molar-refractivity contribution in [1.82, 2.24) is 9.97 Å². The average molecular weight is 446 g/mol. The molecule has 2 N–H and O–H groups in total. The second-order valence-electron chi connectivity index (χ2n) is 8.18. The number of nitrogens with zero attached hydrogens (tertiary/aromatic N) is 1. The van der Waals surface area contributed by atoms with E-state index in [4.69, 9.17) is 14.5 Å². The minimum absolute atomic E-state index is 0.156. The van der Waals surface area contributed by atoms with Crippen LogP contribution in [0.2, 0.25) is 0 Å². The third kappa shape index (κ3) is 3.42. The van der Waals surface area contributed by atoms with Crippen LogP contribution in [0.1, 0.15) is 40.1 Å². The fraction of sp³-hybridized carbons (Fsp3) is 0.280. The van der Waals surface area contributed by atoms with Crippen LogP contribution in [0.3, 0.4) is 0 Å². The van der Waals surface area contributed by atoms with Crippen LogP contribution in [0, 0.1) is 0 Å². The van der Waals surface area contributed by atoms with Crippen molar-refractivity contribution in [2.75, 3.05) is 18.5 Å². The van der Waals surface area contributed by atoms with E-state index < -0.39 is 0 Å². The number of anilines is 1. The Bertz CT molecular complexity index is 1290. The molecule has 6 nitrogen and oxygen atoms in total. The van der Waals surface area contributed by atoms with Gasteiger partial charge in [-0.05, 0) is 61.6 Å². The molecule has 0 unspecified atom stereocenters. The van der Waals surface area contributed by atoms with Crippen LogP contribution in [0.15, 0.2) is 42.5 Å². The Morgan fingerprint density at radius 3 is 2.75 bits per heavy atom. The molecule has 1 aliphatic carbocycles. The number of ether oxygens (including phenoxy) is 2. The molecule has 1 aliphatic heterocycles. The predicted molar refractivity (Wildman–Crippen MR) is 126 cm³/mol. The highest BCUT2D eigenvalue weighted by Crippen LogP contribution is 2.44. The van der Waals surface area contributed by atoms with Crippen LogP contribution in [0.4, 0.5) is 5.00 Å². The number of H-pyrrole nitrogens is 1. The van der Waals surface area contributed by atoms with Gasteiger partial charge in [0.15, 0.2) is 11.5 Å². The topological polar surface area (TPSA) is 76.2 Å². The van der Waals surface area contributed by atoms with E-state index in [1.807, 2.05) is 30.3 Å². The van der Waals surface area contributed by atoms with E-state index in [1.54, 1.807) is 23.5 Å². The molecule has 6 rings (SSSR count). The van der Waals surface area contributed by atoms with Crippen LogP contribution < -0.4 is 14.8 Å². The number of para-hydroxylation sites is 2. The maximum absolute atomic E-state index is 13.2. The first-order chi connectivity index (χ1) is 15.8. The number of benzene rings is 2. The van der Waals surface area contributed by atoms with Gasteiger partial charge >= 0.3 is 0 Å². The van der Waals surface area contributed by atoms with Gasteiger partial charge in [0.25, 0.3) is 5.91 Å². The summed E-state index contributed by atoms with van der Waals surface area (Å²) in [6, 6.07) is 13.4. The molecule has 1 amide bonds. The van der Waals surface area contributed by atoms with Gasteiger partial charge in [-0.2, -0.15) is 0 Å². The number of rotatable bonds is 3. The second kappa shape index (κ2) is 7.98. The number of hydrogen-bond acceptors (Lipinski definition) is 5. The summed E-state index contributed by atoms with van der Waals surface area (Å²) >= 11 is 1.67. The number of amides is 1. The number of carbonyl (C=O) groups is 1. The maximum Gasteiger partial charge on any atom is 0.256 e. The lowest BCUT2D eigenvalue weighted by molar-refractivity contribution is 0.102. The Kier molecular flexibility index (Phi) is 4.83. The molecule has 0 fully saturated rings. The van der Waals surface area contributed by atoms with Gasteiger partial charge in [0.05, 0.1) is 29.8 Å². The molecule has 2 aromatic carbocycles. The number of aryl methyl sites for hydroxylation is 1. The van der Waals surface area contributed by atoms with Crippen molar-refractivity contribution in [2.24, 2.45) is 0 Å². The van der Waals surface area contributed by atoms with E-state index >= 15 is 0 Å². The number of carbonyl (C=O) groups excluding carboxylic acids is 1. The van der Waals surface area contributed by atoms with Crippen molar-refractivity contribution in [3.8, 4) is 22.9 Å². The Balaban J connectivity index is 1.38. The summed E-state index contributed by atoms with van der Waals surface area (Å²) in [4.78, 5) is 22.9. The second-order valence-corrected chi connectivity index (χ2v) is 9.29. The minimum Gasteiger partial charge on any atom is -0.490 e. The molecule has 2 aromatic heterocycles. The van der Waals surface area contributed by atoms with Gasteiger partial charge < -0.3 is 19.8 Å². The smallest absolute Gasteiger partial charge is 0.256 e. The number of hydrogen-bond donors (Lipinski definition) is 2. The Morgan fingerprint density at radius 2 is 1.84 bits per heavy atom. The summed E-state index contributed by atoms with van der Waals surface area (Å²) in [7, 11) is 0. The lowest BCUT2D eigenvalue weighted by Gasteiger charge is -2.12. The van der Waals surface area contributed by atoms with Gasteiger partial charge in [0, 0.05) is 16.9 Å². The molecule has 0 saturated heterocycles. The summed E-state index contributed by atoms with van der Waals surface area (Å²) in [5.74, 6) is 1.97. The third-order valence-corrected chi connectivity index (χ3v) is 7.24. The van der Waals surface area contributed by atoms with Crippen LogP contribution in [-0.4, -0.2) is 29.1 Å². The van der Waals surface area contributed by atoms with Gasteiger partial charge in [0.1, 0.15) is 10.8 Å². The molecule has 3 heterocycles. The SMILES string of the molecule is O=C(Nc1sc2c(c1-c1nc3ccccc3[nH]1)CCCC2)c1ccc2c(c1)OCCCO2. The molecule has 0 saturated carbocycles. The first-order valence-electron chi connectivity index (χ1n) is 11.1. The van der Waals surface area contributed by atoms with Crippen molar-refractivity contribution >= 4 is 33.3 Å². The molecular formula is C25H23N3O3S. The molecule has 0 radical (unpaired) electrons. The molecule has 32 heavy (non-hydrogen) atoms. The first kappa shape index (κ1) is 19.4. The molecule has 0 bridgehead atoms. The third-order valence-electron chi connectivity index (χ3n) is 6.03. The summed E-state index contributed by atoms with van der Waals surface area (Å²) in [5, 5.41) is 4.03. The van der Waals surface area contributed by atoms with Gasteiger partial charge in [-0.25, -0.2) is 4.98 Å². The zero-order valence-corrected chi connectivity index (χ0v) is 18.4. The van der Waals surface area contributed by atoms with Gasteiger partial charge in [-0.3, -0.25) is 4.79 Å². The lowest BCUT2D eigenvalue weighted by Crippen LogP contribution is -2.12. The van der Waals surface area contributed by atoms with Crippen molar-refractivity contribution in [3.05, 3.63) is 58.5 Å². The zero-order chi connectivity index (χ0) is 21.5. The monoisotopic (exact) mass is 445 g/mol. The van der Waals surface area contributed by atoms with Crippen molar-refractivity contribution < 1.29 is 14.3 Å². The number of thiophene rings is 1. The van der Waals surface area contributed by atoms with Crippen molar-refractivity contribution in [3.63, 3.8) is 0 Å². The summed E-state index contributed by atoms with van der Waals surface area (Å²) in [6.45, 7) is 1.21. The van der Waals surface area contributed by atoms with E-state index in [1.165, 1.54) is 16.9 Å². The quantitative estimate of drug-likeness (QED) is 0.431. The molecule has 0 spiro atoms. The highest BCUT2D eigenvalue weighted by molar-refractivity contribution is 7.17. The lowest BCUT2D eigenvalue weighted by atomic mass is 9.95. The van der Waals surface area contributed by atoms with E-state index in [-0.39, 0.29) is 5.91 Å². The number of imidazole rings is 1. The maximum atomic E-state index is 13.2. The van der Waals surface area contributed by atoms with E-state index in [2.05, 4.69) is 10.3 Å². The van der Waals surface area contributed by atoms with Crippen LogP contribution in [0.25, 0.3) is 22.4 Å². The van der Waals surface area contributed by atoms with Crippen LogP contribution in [-0.2, 0) is 12.8 Å². The summed E-state index contributed by atoms with van der Waals surface area (Å²) in [6.07, 6.45) is 5.23. The van der Waals surface area contributed by atoms with Crippen LogP contribution >= 0.6 is 11.3 Å². The van der Waals surface area contributed by atoms with Gasteiger partial charge in [-0.1, -0.05) is 12.1 Å². The van der Waals surface area contributed by atoms with Gasteiger partial charge in [-0.15, -0.1) is 11.3 Å². The predicted octanol–water partition coefficient (Wildman–Crippen LogP) is 5.58. The van der Waals surface area contributed by atoms with E-state index in [9.17, 15) is 4.79 Å². The Hall–Kier alpha value is -3.32. The Morgan fingerprint density at radius 1 is 1.00 bits per heavy atom. The van der Waals surface area contributed by atoms with E-state index in [0.717, 1.165) is 53.1 Å².